The maximum absolute atomic E-state index is 12.0. The molecule has 0 aliphatic rings. The van der Waals surface area contributed by atoms with Crippen molar-refractivity contribution in [1.82, 2.24) is 14.9 Å². The van der Waals surface area contributed by atoms with E-state index in [1.807, 2.05) is 67.5 Å². The zero-order valence-corrected chi connectivity index (χ0v) is 20.3. The van der Waals surface area contributed by atoms with Gasteiger partial charge < -0.3 is 20.3 Å². The molecule has 4 rings (SSSR count). The minimum absolute atomic E-state index is 0.328. The summed E-state index contributed by atoms with van der Waals surface area (Å²) in [6.45, 7) is 4.75. The van der Waals surface area contributed by atoms with Gasteiger partial charge in [0.25, 0.3) is 0 Å². The van der Waals surface area contributed by atoms with Gasteiger partial charge in [-0.05, 0) is 44.4 Å². The molecule has 3 aromatic carbocycles. The Bertz CT molecular complexity index is 1370. The lowest BCUT2D eigenvalue weighted by Crippen LogP contribution is -2.20. The quantitative estimate of drug-likeness (QED) is 0.292. The third kappa shape index (κ3) is 5.95. The lowest BCUT2D eigenvalue weighted by Gasteiger charge is -2.16. The highest BCUT2D eigenvalue weighted by Gasteiger charge is 2.12. The third-order valence-corrected chi connectivity index (χ3v) is 5.58. The fraction of sp³-hybridized carbons (Fsp3) is 0.148. The number of para-hydroxylation sites is 1. The summed E-state index contributed by atoms with van der Waals surface area (Å²) in [4.78, 5) is 23.2. The van der Waals surface area contributed by atoms with Crippen molar-refractivity contribution in [2.24, 2.45) is 0 Å². The molecule has 1 aromatic heterocycles. The molecule has 1 amide bonds. The Kier molecular flexibility index (Phi) is 7.60. The molecule has 0 aliphatic heterocycles. The lowest BCUT2D eigenvalue weighted by molar-refractivity contribution is -0.111. The smallest absolute Gasteiger partial charge is 0.247 e. The summed E-state index contributed by atoms with van der Waals surface area (Å²) in [6, 6.07) is 19.0. The Morgan fingerprint density at radius 1 is 1.11 bits per heavy atom. The zero-order valence-electron chi connectivity index (χ0n) is 19.6. The molecule has 0 fully saturated rings. The number of ether oxygens (including phenoxy) is 1. The number of fused-ring (bicyclic) bond motifs is 1. The predicted octanol–water partition coefficient (Wildman–Crippen LogP) is 5.76. The minimum Gasteiger partial charge on any atom is -0.490 e. The molecule has 0 unspecified atom stereocenters. The van der Waals surface area contributed by atoms with Crippen molar-refractivity contribution >= 4 is 45.7 Å². The summed E-state index contributed by atoms with van der Waals surface area (Å²) in [6.07, 6.45) is 2.98. The third-order valence-electron chi connectivity index (χ3n) is 5.25. The zero-order chi connectivity index (χ0) is 24.8. The van der Waals surface area contributed by atoms with E-state index in [1.54, 1.807) is 18.3 Å². The van der Waals surface area contributed by atoms with Crippen LogP contribution < -0.4 is 15.4 Å². The molecular formula is C27H26ClN5O2. The summed E-state index contributed by atoms with van der Waals surface area (Å²) in [5, 5.41) is 7.58. The molecule has 7 nitrogen and oxygen atoms in total. The number of carbonyl (C=O) groups excluding carboxylic acids is 1. The monoisotopic (exact) mass is 487 g/mol. The van der Waals surface area contributed by atoms with Gasteiger partial charge >= 0.3 is 0 Å². The Morgan fingerprint density at radius 3 is 2.69 bits per heavy atom. The molecule has 4 aromatic rings. The van der Waals surface area contributed by atoms with E-state index in [9.17, 15) is 4.79 Å². The van der Waals surface area contributed by atoms with E-state index in [2.05, 4.69) is 22.2 Å². The highest BCUT2D eigenvalue weighted by molar-refractivity contribution is 6.33. The largest absolute Gasteiger partial charge is 0.490 e. The average molecular weight is 488 g/mol. The number of hydrogen-bond acceptors (Lipinski definition) is 6. The van der Waals surface area contributed by atoms with Crippen molar-refractivity contribution < 1.29 is 9.53 Å². The van der Waals surface area contributed by atoms with Crippen molar-refractivity contribution in [3.63, 3.8) is 0 Å². The van der Waals surface area contributed by atoms with Crippen LogP contribution in [0.5, 0.6) is 5.75 Å². The number of rotatable bonds is 9. The van der Waals surface area contributed by atoms with Gasteiger partial charge in [0.2, 0.25) is 11.9 Å². The van der Waals surface area contributed by atoms with Gasteiger partial charge in [0, 0.05) is 40.0 Å². The maximum atomic E-state index is 12.0. The molecule has 0 bridgehead atoms. The van der Waals surface area contributed by atoms with E-state index in [-0.39, 0.29) is 5.91 Å². The topological polar surface area (TPSA) is 79.4 Å². The fourth-order valence-corrected chi connectivity index (χ4v) is 3.73. The summed E-state index contributed by atoms with van der Waals surface area (Å²) in [7, 11) is 3.94. The molecule has 0 saturated carbocycles. The fourth-order valence-electron chi connectivity index (χ4n) is 3.50. The Balaban J connectivity index is 1.65. The molecule has 2 N–H and O–H groups in total. The minimum atomic E-state index is -0.328. The number of benzene rings is 3. The predicted molar refractivity (Wildman–Crippen MR) is 143 cm³/mol. The first-order valence-corrected chi connectivity index (χ1v) is 11.4. The standard InChI is InChI=1S/C27H26ClN5O2/c1-4-25(34)31-23-16-19(12-13-24(23)35-15-14-33(2)3)30-27-29-17-18-8-7-10-21(26(18)32-27)20-9-5-6-11-22(20)28/h4-13,16-17H,1,14-15H2,2-3H3,(H,31,34)(H,29,30,32). The number of nitrogens with zero attached hydrogens (tertiary/aromatic N) is 3. The van der Waals surface area contributed by atoms with Crippen LogP contribution in [0.1, 0.15) is 0 Å². The lowest BCUT2D eigenvalue weighted by atomic mass is 10.0. The van der Waals surface area contributed by atoms with Crippen LogP contribution in [0.3, 0.4) is 0 Å². The van der Waals surface area contributed by atoms with Crippen LogP contribution in [0.2, 0.25) is 5.02 Å². The SMILES string of the molecule is C=CC(=O)Nc1cc(Nc2ncc3cccc(-c4ccccc4Cl)c3n2)ccc1OCCN(C)C. The number of nitrogens with one attached hydrogen (secondary N) is 2. The van der Waals surface area contributed by atoms with Crippen molar-refractivity contribution in [2.45, 2.75) is 0 Å². The van der Waals surface area contributed by atoms with Gasteiger partial charge in [-0.2, -0.15) is 0 Å². The first-order chi connectivity index (χ1) is 16.9. The van der Waals surface area contributed by atoms with Crippen LogP contribution in [0.25, 0.3) is 22.0 Å². The van der Waals surface area contributed by atoms with E-state index < -0.39 is 0 Å². The number of likely N-dealkylation sites (N-methyl/N-ethyl adjacent to an activating group) is 1. The maximum Gasteiger partial charge on any atom is 0.247 e. The second kappa shape index (κ2) is 11.0. The molecule has 1 heterocycles. The molecule has 0 atom stereocenters. The van der Waals surface area contributed by atoms with E-state index >= 15 is 0 Å². The second-order valence-electron chi connectivity index (χ2n) is 8.10. The van der Waals surface area contributed by atoms with Gasteiger partial charge in [-0.3, -0.25) is 4.79 Å². The van der Waals surface area contributed by atoms with Gasteiger partial charge in [0.1, 0.15) is 12.4 Å². The number of aromatic nitrogens is 2. The van der Waals surface area contributed by atoms with Gasteiger partial charge in [-0.1, -0.05) is 54.6 Å². The van der Waals surface area contributed by atoms with Gasteiger partial charge in [-0.15, -0.1) is 0 Å². The molecule has 8 heteroatoms. The van der Waals surface area contributed by atoms with E-state index in [4.69, 9.17) is 21.3 Å². The van der Waals surface area contributed by atoms with Gasteiger partial charge in [-0.25, -0.2) is 9.97 Å². The summed E-state index contributed by atoms with van der Waals surface area (Å²) >= 11 is 6.45. The summed E-state index contributed by atoms with van der Waals surface area (Å²) in [5.41, 5.74) is 3.82. The number of hydrogen-bond donors (Lipinski definition) is 2. The normalized spacial score (nSPS) is 10.9. The highest BCUT2D eigenvalue weighted by Crippen LogP contribution is 2.33. The van der Waals surface area contributed by atoms with Crippen LogP contribution in [-0.4, -0.2) is 48.0 Å². The first-order valence-electron chi connectivity index (χ1n) is 11.1. The van der Waals surface area contributed by atoms with Crippen LogP contribution in [0, 0.1) is 0 Å². The Hall–Kier alpha value is -3.94. The van der Waals surface area contributed by atoms with Crippen LogP contribution in [-0.2, 0) is 4.79 Å². The summed E-state index contributed by atoms with van der Waals surface area (Å²) < 4.78 is 5.87. The van der Waals surface area contributed by atoms with E-state index in [0.29, 0.717) is 34.7 Å². The first kappa shape index (κ1) is 24.2. The van der Waals surface area contributed by atoms with Crippen LogP contribution in [0.15, 0.2) is 79.5 Å². The van der Waals surface area contributed by atoms with Crippen molar-refractivity contribution in [3.8, 4) is 16.9 Å². The van der Waals surface area contributed by atoms with Gasteiger partial charge in [0.05, 0.1) is 11.2 Å². The van der Waals surface area contributed by atoms with Crippen LogP contribution >= 0.6 is 11.6 Å². The van der Waals surface area contributed by atoms with Gasteiger partial charge in [0.15, 0.2) is 0 Å². The molecular weight excluding hydrogens is 462 g/mol. The van der Waals surface area contributed by atoms with E-state index in [1.165, 1.54) is 6.08 Å². The van der Waals surface area contributed by atoms with E-state index in [0.717, 1.165) is 28.6 Å². The number of carbonyl (C=O) groups is 1. The Morgan fingerprint density at radius 2 is 1.91 bits per heavy atom. The summed E-state index contributed by atoms with van der Waals surface area (Å²) in [5.74, 6) is 0.651. The Labute approximate surface area is 209 Å². The second-order valence-corrected chi connectivity index (χ2v) is 8.51. The average Bonchev–Trinajstić information content (AvgIpc) is 2.85. The number of halogens is 1. The number of anilines is 3. The number of amides is 1. The van der Waals surface area contributed by atoms with Crippen LogP contribution in [0.4, 0.5) is 17.3 Å². The van der Waals surface area contributed by atoms with Crippen molar-refractivity contribution in [1.29, 1.82) is 0 Å². The molecule has 35 heavy (non-hydrogen) atoms. The van der Waals surface area contributed by atoms with Crippen molar-refractivity contribution in [3.05, 3.63) is 84.5 Å². The van der Waals surface area contributed by atoms with Crippen molar-refractivity contribution in [2.75, 3.05) is 37.9 Å². The highest BCUT2D eigenvalue weighted by atomic mass is 35.5. The molecule has 0 spiro atoms. The molecule has 178 valence electrons. The molecule has 0 saturated heterocycles. The molecule has 0 radical (unpaired) electrons. The molecule has 0 aliphatic carbocycles.